The maximum absolute atomic E-state index is 12.9. The normalized spacial score (nSPS) is 20.0. The number of benzene rings is 1. The maximum atomic E-state index is 12.9. The van der Waals surface area contributed by atoms with Gasteiger partial charge in [0.05, 0.1) is 17.3 Å². The lowest BCUT2D eigenvalue weighted by atomic mass is 9.85. The Hall–Kier alpha value is -2.06. The lowest BCUT2D eigenvalue weighted by Gasteiger charge is -2.22. The van der Waals surface area contributed by atoms with Crippen LogP contribution in [0.25, 0.3) is 0 Å². The minimum atomic E-state index is -3.64. The van der Waals surface area contributed by atoms with E-state index < -0.39 is 33.4 Å². The van der Waals surface area contributed by atoms with Crippen molar-refractivity contribution in [2.75, 3.05) is 25.5 Å². The predicted octanol–water partition coefficient (Wildman–Crippen LogP) is 1.41. The van der Waals surface area contributed by atoms with E-state index >= 15 is 0 Å². The summed E-state index contributed by atoms with van der Waals surface area (Å²) in [7, 11) is -3.64. The summed E-state index contributed by atoms with van der Waals surface area (Å²) in [5.41, 5.74) is 0. The molecule has 7 nitrogen and oxygen atoms in total. The van der Waals surface area contributed by atoms with Gasteiger partial charge >= 0.3 is 0 Å². The highest BCUT2D eigenvalue weighted by molar-refractivity contribution is 7.91. The quantitative estimate of drug-likeness (QED) is 0.683. The van der Waals surface area contributed by atoms with Crippen molar-refractivity contribution < 1.29 is 27.5 Å². The average molecular weight is 410 g/mol. The molecule has 1 saturated heterocycles. The molecular formula is C20H27NO6S. The first kappa shape index (κ1) is 22.2. The molecule has 1 aliphatic heterocycles. The number of carbonyl (C=O) groups excluding carboxylic acids is 3. The molecule has 0 bridgehead atoms. The number of rotatable bonds is 7. The van der Waals surface area contributed by atoms with Crippen molar-refractivity contribution in [3.8, 4) is 0 Å². The van der Waals surface area contributed by atoms with Gasteiger partial charge in [0, 0.05) is 31.4 Å². The van der Waals surface area contributed by atoms with Crippen LogP contribution in [0, 0.1) is 17.8 Å². The molecule has 1 aromatic carbocycles. The lowest BCUT2D eigenvalue weighted by molar-refractivity contribution is -0.141. The second-order valence-electron chi connectivity index (χ2n) is 7.33. The number of nitrogens with one attached hydrogen (secondary N) is 1. The van der Waals surface area contributed by atoms with Gasteiger partial charge in [-0.25, -0.2) is 8.42 Å². The Labute approximate surface area is 165 Å². The van der Waals surface area contributed by atoms with Gasteiger partial charge in [-0.3, -0.25) is 14.4 Å². The van der Waals surface area contributed by atoms with E-state index in [-0.39, 0.29) is 48.3 Å². The molecule has 1 heterocycles. The molecule has 0 radical (unpaired) electrons. The van der Waals surface area contributed by atoms with Crippen LogP contribution in [0.1, 0.15) is 26.7 Å². The number of carbonyl (C=O) groups is 3. The van der Waals surface area contributed by atoms with Crippen LogP contribution in [0.4, 0.5) is 0 Å². The largest absolute Gasteiger partial charge is 0.380 e. The third-order valence-corrected chi connectivity index (χ3v) is 6.69. The van der Waals surface area contributed by atoms with Gasteiger partial charge in [0.15, 0.2) is 9.84 Å². The zero-order valence-corrected chi connectivity index (χ0v) is 17.0. The first-order valence-corrected chi connectivity index (χ1v) is 11.1. The van der Waals surface area contributed by atoms with Gasteiger partial charge in [-0.2, -0.15) is 0 Å². The molecule has 0 aromatic heterocycles. The standard InChI is InChI=1S/C20H27NO6S/c1-14(2)17(13-28(25,26)16-6-4-3-5-7-16)18(22)12-15-8-10-27-11-9-21-20(24)19(15)23/h3-7,14-15,17H,8-13H2,1-2H3,(H,21,24). The molecule has 1 aliphatic rings. The zero-order chi connectivity index (χ0) is 20.7. The molecule has 0 spiro atoms. The first-order chi connectivity index (χ1) is 13.2. The van der Waals surface area contributed by atoms with Crippen LogP contribution >= 0.6 is 0 Å². The summed E-state index contributed by atoms with van der Waals surface area (Å²) in [5, 5.41) is 2.47. The summed E-state index contributed by atoms with van der Waals surface area (Å²) in [6.07, 6.45) is 0.0943. The third kappa shape index (κ3) is 5.97. The van der Waals surface area contributed by atoms with Crippen molar-refractivity contribution in [3.05, 3.63) is 30.3 Å². The van der Waals surface area contributed by atoms with Crippen molar-refractivity contribution >= 4 is 27.3 Å². The van der Waals surface area contributed by atoms with Gasteiger partial charge in [0.25, 0.3) is 5.91 Å². The Morgan fingerprint density at radius 1 is 1.18 bits per heavy atom. The van der Waals surface area contributed by atoms with Crippen LogP contribution in [0.15, 0.2) is 35.2 Å². The Morgan fingerprint density at radius 3 is 2.50 bits per heavy atom. The minimum absolute atomic E-state index is 0.164. The highest BCUT2D eigenvalue weighted by Crippen LogP contribution is 2.24. The van der Waals surface area contributed by atoms with E-state index in [0.29, 0.717) is 6.61 Å². The van der Waals surface area contributed by atoms with E-state index in [9.17, 15) is 22.8 Å². The van der Waals surface area contributed by atoms with Gasteiger partial charge < -0.3 is 10.1 Å². The SMILES string of the molecule is CC(C)C(CS(=O)(=O)c1ccccc1)C(=O)CC1CCOCCNC(=O)C1=O. The molecule has 1 aromatic rings. The number of hydrogen-bond acceptors (Lipinski definition) is 6. The average Bonchev–Trinajstić information content (AvgIpc) is 2.73. The molecule has 8 heteroatoms. The Balaban J connectivity index is 2.15. The van der Waals surface area contributed by atoms with Crippen LogP contribution in [0.5, 0.6) is 0 Å². The van der Waals surface area contributed by atoms with E-state index in [0.717, 1.165) is 0 Å². The Morgan fingerprint density at radius 2 is 1.86 bits per heavy atom. The van der Waals surface area contributed by atoms with Crippen molar-refractivity contribution in [1.82, 2.24) is 5.32 Å². The smallest absolute Gasteiger partial charge is 0.287 e. The minimum Gasteiger partial charge on any atom is -0.380 e. The summed E-state index contributed by atoms with van der Waals surface area (Å²) in [6, 6.07) is 7.99. The highest BCUT2D eigenvalue weighted by atomic mass is 32.2. The molecule has 1 amide bonds. The van der Waals surface area contributed by atoms with Crippen LogP contribution in [-0.2, 0) is 29.0 Å². The number of ketones is 2. The number of hydrogen-bond donors (Lipinski definition) is 1. The molecular weight excluding hydrogens is 382 g/mol. The summed E-state index contributed by atoms with van der Waals surface area (Å²) < 4.78 is 30.7. The molecule has 1 N–H and O–H groups in total. The van der Waals surface area contributed by atoms with E-state index in [4.69, 9.17) is 4.74 Å². The monoisotopic (exact) mass is 409 g/mol. The van der Waals surface area contributed by atoms with Gasteiger partial charge in [0.1, 0.15) is 5.78 Å². The van der Waals surface area contributed by atoms with Crippen LogP contribution < -0.4 is 5.32 Å². The van der Waals surface area contributed by atoms with E-state index in [2.05, 4.69) is 5.32 Å². The molecule has 0 saturated carbocycles. The number of amides is 1. The Kier molecular flexibility index (Phi) is 7.88. The molecule has 1 fully saturated rings. The third-order valence-electron chi connectivity index (χ3n) is 4.90. The maximum Gasteiger partial charge on any atom is 0.287 e. The van der Waals surface area contributed by atoms with Gasteiger partial charge in [-0.05, 0) is 24.5 Å². The van der Waals surface area contributed by atoms with Crippen LogP contribution in [-0.4, -0.2) is 51.4 Å². The first-order valence-electron chi connectivity index (χ1n) is 9.42. The second kappa shape index (κ2) is 9.93. The number of sulfone groups is 1. The van der Waals surface area contributed by atoms with E-state index in [1.807, 2.05) is 0 Å². The fourth-order valence-corrected chi connectivity index (χ4v) is 4.98. The molecule has 0 aliphatic carbocycles. The number of Topliss-reactive ketones (excluding diaryl/α,β-unsaturated/α-hetero) is 2. The molecule has 2 atom stereocenters. The fraction of sp³-hybridized carbons (Fsp3) is 0.550. The van der Waals surface area contributed by atoms with Gasteiger partial charge in [-0.15, -0.1) is 0 Å². The van der Waals surface area contributed by atoms with Gasteiger partial charge in [0.2, 0.25) is 5.78 Å². The van der Waals surface area contributed by atoms with Crippen LogP contribution in [0.3, 0.4) is 0 Å². The topological polar surface area (TPSA) is 107 Å². The van der Waals surface area contributed by atoms with Crippen LogP contribution in [0.2, 0.25) is 0 Å². The van der Waals surface area contributed by atoms with Crippen molar-refractivity contribution in [1.29, 1.82) is 0 Å². The predicted molar refractivity (Wildman–Crippen MR) is 103 cm³/mol. The lowest BCUT2D eigenvalue weighted by Crippen LogP contribution is -2.38. The zero-order valence-electron chi connectivity index (χ0n) is 16.2. The highest BCUT2D eigenvalue weighted by Gasteiger charge is 2.34. The van der Waals surface area contributed by atoms with E-state index in [1.165, 1.54) is 12.1 Å². The van der Waals surface area contributed by atoms with Crippen molar-refractivity contribution in [2.24, 2.45) is 17.8 Å². The van der Waals surface area contributed by atoms with Crippen molar-refractivity contribution in [3.63, 3.8) is 0 Å². The summed E-state index contributed by atoms with van der Waals surface area (Å²) >= 11 is 0. The molecule has 154 valence electrons. The number of ether oxygens (including phenoxy) is 1. The molecule has 2 unspecified atom stereocenters. The summed E-state index contributed by atoms with van der Waals surface area (Å²) in [5.74, 6) is -3.78. The Bertz CT molecular complexity index is 803. The second-order valence-corrected chi connectivity index (χ2v) is 9.37. The molecule has 28 heavy (non-hydrogen) atoms. The summed E-state index contributed by atoms with van der Waals surface area (Å²) in [6.45, 7) is 4.39. The van der Waals surface area contributed by atoms with Gasteiger partial charge in [-0.1, -0.05) is 32.0 Å². The van der Waals surface area contributed by atoms with Crippen molar-refractivity contribution in [2.45, 2.75) is 31.6 Å². The van der Waals surface area contributed by atoms with E-state index in [1.54, 1.807) is 32.0 Å². The summed E-state index contributed by atoms with van der Waals surface area (Å²) in [4.78, 5) is 37.3. The fourth-order valence-electron chi connectivity index (χ4n) is 3.17. The molecule has 2 rings (SSSR count).